The Hall–Kier alpha value is -2.94. The number of hydrogen-bond donors (Lipinski definition) is 2. The summed E-state index contributed by atoms with van der Waals surface area (Å²) in [4.78, 5) is 12.6. The highest BCUT2D eigenvalue weighted by Gasteiger charge is 2.20. The number of amides is 1. The minimum Gasteiger partial charge on any atom is -0.497 e. The fourth-order valence-corrected chi connectivity index (χ4v) is 4.74. The standard InChI is InChI=1S/C24H26N2O5S/c1-30-21-9-6-19-13-17(4-5-20(19)14-21)15-25-24(27)18-7-10-23(11-8-18)32(28,29)26-16-22-3-2-12-31-22/h4-11,13-14,22,26H,2-3,12,15-16H2,1H3,(H,25,27). The summed E-state index contributed by atoms with van der Waals surface area (Å²) in [6.07, 6.45) is 1.73. The summed E-state index contributed by atoms with van der Waals surface area (Å²) in [6, 6.07) is 17.7. The van der Waals surface area contributed by atoms with Gasteiger partial charge in [0, 0.05) is 25.3 Å². The summed E-state index contributed by atoms with van der Waals surface area (Å²) in [7, 11) is -2.01. The molecule has 1 atom stereocenters. The maximum atomic E-state index is 12.5. The molecule has 2 N–H and O–H groups in total. The first-order valence-electron chi connectivity index (χ1n) is 10.5. The molecule has 3 aromatic carbocycles. The van der Waals surface area contributed by atoms with Crippen molar-refractivity contribution in [1.29, 1.82) is 0 Å². The molecule has 168 valence electrons. The van der Waals surface area contributed by atoms with Crippen molar-refractivity contribution in [2.45, 2.75) is 30.4 Å². The molecule has 1 saturated heterocycles. The summed E-state index contributed by atoms with van der Waals surface area (Å²) < 4.78 is 38.2. The van der Waals surface area contributed by atoms with Gasteiger partial charge in [-0.25, -0.2) is 13.1 Å². The molecule has 3 aromatic rings. The number of carbonyl (C=O) groups excluding carboxylic acids is 1. The molecular formula is C24H26N2O5S. The summed E-state index contributed by atoms with van der Waals surface area (Å²) in [5, 5.41) is 5.00. The van der Waals surface area contributed by atoms with Gasteiger partial charge < -0.3 is 14.8 Å². The Labute approximate surface area is 187 Å². The van der Waals surface area contributed by atoms with Crippen molar-refractivity contribution in [3.63, 3.8) is 0 Å². The fraction of sp³-hybridized carbons (Fsp3) is 0.292. The molecule has 0 saturated carbocycles. The van der Waals surface area contributed by atoms with Gasteiger partial charge in [-0.3, -0.25) is 4.79 Å². The molecule has 1 aliphatic heterocycles. The van der Waals surface area contributed by atoms with Crippen LogP contribution in [0.1, 0.15) is 28.8 Å². The van der Waals surface area contributed by atoms with E-state index < -0.39 is 10.0 Å². The third-order valence-electron chi connectivity index (χ3n) is 5.52. The number of methoxy groups -OCH3 is 1. The lowest BCUT2D eigenvalue weighted by atomic mass is 10.1. The van der Waals surface area contributed by atoms with Crippen molar-refractivity contribution in [1.82, 2.24) is 10.0 Å². The Morgan fingerprint density at radius 2 is 1.81 bits per heavy atom. The molecule has 0 bridgehead atoms. The molecule has 0 radical (unpaired) electrons. The minimum atomic E-state index is -3.64. The molecule has 1 amide bonds. The van der Waals surface area contributed by atoms with E-state index in [2.05, 4.69) is 10.0 Å². The molecule has 32 heavy (non-hydrogen) atoms. The van der Waals surface area contributed by atoms with Crippen LogP contribution in [-0.2, 0) is 21.3 Å². The van der Waals surface area contributed by atoms with Gasteiger partial charge in [0.05, 0.1) is 18.1 Å². The Morgan fingerprint density at radius 3 is 2.53 bits per heavy atom. The third-order valence-corrected chi connectivity index (χ3v) is 6.96. The molecule has 1 unspecified atom stereocenters. The smallest absolute Gasteiger partial charge is 0.251 e. The lowest BCUT2D eigenvalue weighted by Gasteiger charge is -2.12. The first kappa shape index (κ1) is 22.3. The predicted octanol–water partition coefficient (Wildman–Crippen LogP) is 3.24. The fourth-order valence-electron chi connectivity index (χ4n) is 3.67. The van der Waals surface area contributed by atoms with E-state index in [4.69, 9.17) is 9.47 Å². The number of hydrogen-bond acceptors (Lipinski definition) is 5. The molecule has 4 rings (SSSR count). The topological polar surface area (TPSA) is 93.7 Å². The second-order valence-corrected chi connectivity index (χ2v) is 9.51. The summed E-state index contributed by atoms with van der Waals surface area (Å²) in [5.41, 5.74) is 1.36. The van der Waals surface area contributed by atoms with E-state index >= 15 is 0 Å². The summed E-state index contributed by atoms with van der Waals surface area (Å²) in [6.45, 7) is 1.29. The Kier molecular flexibility index (Phi) is 6.74. The van der Waals surface area contributed by atoms with Crippen LogP contribution < -0.4 is 14.8 Å². The number of nitrogens with one attached hydrogen (secondary N) is 2. The lowest BCUT2D eigenvalue weighted by Crippen LogP contribution is -2.31. The highest BCUT2D eigenvalue weighted by molar-refractivity contribution is 7.89. The molecule has 1 fully saturated rings. The Morgan fingerprint density at radius 1 is 1.06 bits per heavy atom. The largest absolute Gasteiger partial charge is 0.497 e. The van der Waals surface area contributed by atoms with Gasteiger partial charge in [-0.15, -0.1) is 0 Å². The SMILES string of the molecule is COc1ccc2cc(CNC(=O)c3ccc(S(=O)(=O)NCC4CCCO4)cc3)ccc2c1. The Balaban J connectivity index is 1.35. The van der Waals surface area contributed by atoms with Crippen LogP contribution >= 0.6 is 0 Å². The van der Waals surface area contributed by atoms with E-state index in [1.165, 1.54) is 24.3 Å². The molecule has 0 aliphatic carbocycles. The normalized spacial score (nSPS) is 16.2. The van der Waals surface area contributed by atoms with Gasteiger partial charge in [0.25, 0.3) is 5.91 Å². The van der Waals surface area contributed by atoms with E-state index in [0.717, 1.165) is 34.9 Å². The maximum absolute atomic E-state index is 12.5. The maximum Gasteiger partial charge on any atom is 0.251 e. The van der Waals surface area contributed by atoms with Crippen molar-refractivity contribution in [3.05, 3.63) is 71.8 Å². The van der Waals surface area contributed by atoms with Gasteiger partial charge in [0.1, 0.15) is 5.75 Å². The molecule has 0 aromatic heterocycles. The molecular weight excluding hydrogens is 428 g/mol. The van der Waals surface area contributed by atoms with Gasteiger partial charge in [0.2, 0.25) is 10.0 Å². The van der Waals surface area contributed by atoms with E-state index in [-0.39, 0.29) is 23.5 Å². The van der Waals surface area contributed by atoms with Crippen molar-refractivity contribution < 1.29 is 22.7 Å². The van der Waals surface area contributed by atoms with Gasteiger partial charge in [-0.1, -0.05) is 18.2 Å². The van der Waals surface area contributed by atoms with E-state index in [9.17, 15) is 13.2 Å². The number of carbonyl (C=O) groups is 1. The number of fused-ring (bicyclic) bond motifs is 1. The monoisotopic (exact) mass is 454 g/mol. The number of ether oxygens (including phenoxy) is 2. The first-order valence-corrected chi connectivity index (χ1v) is 12.0. The zero-order valence-electron chi connectivity index (χ0n) is 17.8. The minimum absolute atomic E-state index is 0.0769. The molecule has 7 nitrogen and oxygen atoms in total. The van der Waals surface area contributed by atoms with Gasteiger partial charge >= 0.3 is 0 Å². The van der Waals surface area contributed by atoms with Crippen LogP contribution in [0, 0.1) is 0 Å². The second-order valence-electron chi connectivity index (χ2n) is 7.74. The number of rotatable bonds is 8. The van der Waals surface area contributed by atoms with Gasteiger partial charge in [-0.2, -0.15) is 0 Å². The zero-order chi connectivity index (χ0) is 22.6. The lowest BCUT2D eigenvalue weighted by molar-refractivity contribution is 0.0951. The molecule has 1 heterocycles. The van der Waals surface area contributed by atoms with Gasteiger partial charge in [0.15, 0.2) is 0 Å². The molecule has 1 aliphatic rings. The van der Waals surface area contributed by atoms with Gasteiger partial charge in [-0.05, 0) is 71.6 Å². The first-order chi connectivity index (χ1) is 15.4. The Bertz CT molecular complexity index is 1200. The van der Waals surface area contributed by atoms with Crippen LogP contribution in [0.25, 0.3) is 10.8 Å². The highest BCUT2D eigenvalue weighted by atomic mass is 32.2. The predicted molar refractivity (Wildman–Crippen MR) is 122 cm³/mol. The summed E-state index contributed by atoms with van der Waals surface area (Å²) >= 11 is 0. The van der Waals surface area contributed by atoms with E-state index in [0.29, 0.717) is 18.7 Å². The van der Waals surface area contributed by atoms with Crippen LogP contribution in [0.3, 0.4) is 0 Å². The zero-order valence-corrected chi connectivity index (χ0v) is 18.7. The quantitative estimate of drug-likeness (QED) is 0.545. The average Bonchev–Trinajstić information content (AvgIpc) is 3.35. The van der Waals surface area contributed by atoms with Crippen LogP contribution in [0.15, 0.2) is 65.6 Å². The average molecular weight is 455 g/mol. The van der Waals surface area contributed by atoms with E-state index in [1.54, 1.807) is 7.11 Å². The van der Waals surface area contributed by atoms with Crippen molar-refractivity contribution in [2.75, 3.05) is 20.3 Å². The number of sulfonamides is 1. The van der Waals surface area contributed by atoms with Crippen LogP contribution in [0.5, 0.6) is 5.75 Å². The van der Waals surface area contributed by atoms with E-state index in [1.807, 2.05) is 36.4 Å². The number of benzene rings is 3. The molecule has 8 heteroatoms. The van der Waals surface area contributed by atoms with Crippen molar-refractivity contribution in [3.8, 4) is 5.75 Å². The third kappa shape index (κ3) is 5.27. The van der Waals surface area contributed by atoms with Crippen LogP contribution in [0.2, 0.25) is 0 Å². The van der Waals surface area contributed by atoms with Crippen molar-refractivity contribution in [2.24, 2.45) is 0 Å². The summed E-state index contributed by atoms with van der Waals surface area (Å²) in [5.74, 6) is 0.530. The van der Waals surface area contributed by atoms with Crippen LogP contribution in [0.4, 0.5) is 0 Å². The second kappa shape index (κ2) is 9.68. The van der Waals surface area contributed by atoms with Crippen molar-refractivity contribution >= 4 is 26.7 Å². The highest BCUT2D eigenvalue weighted by Crippen LogP contribution is 2.22. The van der Waals surface area contributed by atoms with Crippen LogP contribution in [-0.4, -0.2) is 40.7 Å². The molecule has 0 spiro atoms.